The number of amides is 3. The van der Waals surface area contributed by atoms with Crippen molar-refractivity contribution in [2.45, 2.75) is 0 Å². The van der Waals surface area contributed by atoms with Crippen molar-refractivity contribution in [1.82, 2.24) is 10.3 Å². The van der Waals surface area contributed by atoms with Crippen molar-refractivity contribution in [3.8, 4) is 0 Å². The van der Waals surface area contributed by atoms with Crippen LogP contribution in [0.3, 0.4) is 0 Å². The number of carbonyl (C=O) groups is 2. The number of nitrogens with zero attached hydrogens (tertiary/aromatic N) is 3. The predicted octanol–water partition coefficient (Wildman–Crippen LogP) is 0.739. The van der Waals surface area contributed by atoms with E-state index < -0.39 is 16.9 Å². The van der Waals surface area contributed by atoms with Gasteiger partial charge in [-0.15, -0.1) is 0 Å². The molecule has 1 N–H and O–H groups in total. The van der Waals surface area contributed by atoms with Crippen LogP contribution >= 0.6 is 0 Å². The average molecular weight is 264 g/mol. The standard InChI is InChI=1S/C10H8N4O5/c15-8-6-13(10(16)12-8)11-5-1-2-7-3-4-9(19-7)14(17)18/h1-5H,6H2,(H,12,15,16)/b2-1-,11-5?. The average Bonchev–Trinajstić information content (AvgIpc) is 2.92. The Bertz CT molecular complexity index is 588. The van der Waals surface area contributed by atoms with Gasteiger partial charge >= 0.3 is 11.9 Å². The Kier molecular flexibility index (Phi) is 3.37. The van der Waals surface area contributed by atoms with Crippen molar-refractivity contribution in [1.29, 1.82) is 0 Å². The smallest absolute Gasteiger partial charge is 0.401 e. The van der Waals surface area contributed by atoms with Crippen molar-refractivity contribution >= 4 is 30.1 Å². The number of nitro groups is 1. The zero-order valence-electron chi connectivity index (χ0n) is 9.48. The molecule has 0 atom stereocenters. The van der Waals surface area contributed by atoms with Crippen LogP contribution in [0.25, 0.3) is 6.08 Å². The van der Waals surface area contributed by atoms with Crippen LogP contribution in [0.5, 0.6) is 0 Å². The molecule has 1 aliphatic rings. The molecule has 0 saturated carbocycles. The van der Waals surface area contributed by atoms with E-state index in [9.17, 15) is 19.7 Å². The number of hydrogen-bond acceptors (Lipinski definition) is 6. The summed E-state index contributed by atoms with van der Waals surface area (Å²) in [6.45, 7) is -0.130. The Labute approximate surface area is 106 Å². The summed E-state index contributed by atoms with van der Waals surface area (Å²) in [6, 6.07) is 2.06. The van der Waals surface area contributed by atoms with Gasteiger partial charge < -0.3 is 4.42 Å². The van der Waals surface area contributed by atoms with Gasteiger partial charge in [0.05, 0.1) is 6.07 Å². The maximum Gasteiger partial charge on any atom is 0.433 e. The first-order valence-electron chi connectivity index (χ1n) is 5.12. The van der Waals surface area contributed by atoms with Crippen molar-refractivity contribution in [2.75, 3.05) is 6.54 Å². The summed E-state index contributed by atoms with van der Waals surface area (Å²) < 4.78 is 4.86. The molecule has 9 nitrogen and oxygen atoms in total. The van der Waals surface area contributed by atoms with Gasteiger partial charge in [0.2, 0.25) is 5.91 Å². The number of nitrogens with one attached hydrogen (secondary N) is 1. The van der Waals surface area contributed by atoms with Gasteiger partial charge in [0, 0.05) is 6.21 Å². The highest BCUT2D eigenvalue weighted by molar-refractivity contribution is 6.02. The number of urea groups is 1. The summed E-state index contributed by atoms with van der Waals surface area (Å²) in [5, 5.41) is 17.1. The molecular formula is C10H8N4O5. The molecule has 98 valence electrons. The molecule has 0 unspecified atom stereocenters. The number of rotatable bonds is 4. The molecule has 1 saturated heterocycles. The lowest BCUT2D eigenvalue weighted by Crippen LogP contribution is -2.23. The number of hydrogen-bond donors (Lipinski definition) is 1. The first-order valence-corrected chi connectivity index (χ1v) is 5.12. The van der Waals surface area contributed by atoms with Crippen LogP contribution in [0.4, 0.5) is 10.7 Å². The number of hydrazone groups is 1. The van der Waals surface area contributed by atoms with Gasteiger partial charge in [-0.05, 0) is 18.2 Å². The first kappa shape index (κ1) is 12.5. The molecule has 0 bridgehead atoms. The number of carbonyl (C=O) groups excluding carboxylic acids is 2. The van der Waals surface area contributed by atoms with E-state index in [0.717, 1.165) is 5.01 Å². The van der Waals surface area contributed by atoms with E-state index >= 15 is 0 Å². The van der Waals surface area contributed by atoms with E-state index in [1.165, 1.54) is 30.5 Å². The molecule has 9 heteroatoms. The molecule has 2 rings (SSSR count). The van der Waals surface area contributed by atoms with E-state index in [4.69, 9.17) is 4.42 Å². The molecule has 0 spiro atoms. The molecule has 0 aliphatic carbocycles. The minimum Gasteiger partial charge on any atom is -0.401 e. The van der Waals surface area contributed by atoms with Gasteiger partial charge in [-0.25, -0.2) is 9.80 Å². The molecule has 0 aromatic carbocycles. The third-order valence-corrected chi connectivity index (χ3v) is 2.12. The number of allylic oxidation sites excluding steroid dienone is 1. The van der Waals surface area contributed by atoms with Crippen LogP contribution in [0.1, 0.15) is 5.76 Å². The van der Waals surface area contributed by atoms with Gasteiger partial charge in [-0.1, -0.05) is 0 Å². The van der Waals surface area contributed by atoms with Crippen molar-refractivity contribution < 1.29 is 18.9 Å². The Morgan fingerprint density at radius 1 is 1.47 bits per heavy atom. The van der Waals surface area contributed by atoms with Crippen LogP contribution in [-0.4, -0.2) is 34.6 Å². The van der Waals surface area contributed by atoms with Crippen LogP contribution in [0.15, 0.2) is 27.7 Å². The summed E-state index contributed by atoms with van der Waals surface area (Å²) in [6.07, 6.45) is 4.14. The maximum absolute atomic E-state index is 11.1. The first-order chi connectivity index (χ1) is 9.06. The Morgan fingerprint density at radius 2 is 2.26 bits per heavy atom. The van der Waals surface area contributed by atoms with E-state index in [1.807, 2.05) is 0 Å². The lowest BCUT2D eigenvalue weighted by atomic mass is 10.4. The second kappa shape index (κ2) is 5.12. The molecule has 1 aromatic rings. The molecule has 0 radical (unpaired) electrons. The zero-order valence-corrected chi connectivity index (χ0v) is 9.48. The molecule has 1 aromatic heterocycles. The Morgan fingerprint density at radius 3 is 2.84 bits per heavy atom. The highest BCUT2D eigenvalue weighted by Crippen LogP contribution is 2.16. The van der Waals surface area contributed by atoms with Gasteiger partial charge in [-0.2, -0.15) is 5.10 Å². The third-order valence-electron chi connectivity index (χ3n) is 2.12. The summed E-state index contributed by atoms with van der Waals surface area (Å²) in [7, 11) is 0. The fourth-order valence-electron chi connectivity index (χ4n) is 1.31. The SMILES string of the molecule is O=C1CN(N=C/C=C\c2ccc([N+](=O)[O-])o2)C(=O)N1. The van der Waals surface area contributed by atoms with E-state index in [2.05, 4.69) is 10.4 Å². The highest BCUT2D eigenvalue weighted by Gasteiger charge is 2.25. The van der Waals surface area contributed by atoms with Crippen molar-refractivity contribution in [3.05, 3.63) is 34.1 Å². The molecule has 3 amide bonds. The molecule has 1 fully saturated rings. The van der Waals surface area contributed by atoms with Crippen LogP contribution in [0.2, 0.25) is 0 Å². The second-order valence-corrected chi connectivity index (χ2v) is 3.47. The van der Waals surface area contributed by atoms with Gasteiger partial charge in [0.25, 0.3) is 0 Å². The van der Waals surface area contributed by atoms with Gasteiger partial charge in [0.15, 0.2) is 0 Å². The summed E-state index contributed by atoms with van der Waals surface area (Å²) in [5.74, 6) is -0.506. The number of furan rings is 1. The fraction of sp³-hybridized carbons (Fsp3) is 0.100. The second-order valence-electron chi connectivity index (χ2n) is 3.47. The summed E-state index contributed by atoms with van der Waals surface area (Å²) in [4.78, 5) is 31.6. The van der Waals surface area contributed by atoms with Crippen molar-refractivity contribution in [2.24, 2.45) is 5.10 Å². The predicted molar refractivity (Wildman–Crippen MR) is 63.1 cm³/mol. The largest absolute Gasteiger partial charge is 0.433 e. The fourth-order valence-corrected chi connectivity index (χ4v) is 1.31. The van der Waals surface area contributed by atoms with Crippen LogP contribution < -0.4 is 5.32 Å². The molecule has 2 heterocycles. The number of imide groups is 1. The lowest BCUT2D eigenvalue weighted by Gasteiger charge is -2.02. The minimum atomic E-state index is -0.647. The Hall–Kier alpha value is -2.97. The van der Waals surface area contributed by atoms with Crippen LogP contribution in [-0.2, 0) is 4.79 Å². The zero-order chi connectivity index (χ0) is 13.8. The molecule has 1 aliphatic heterocycles. The van der Waals surface area contributed by atoms with Gasteiger partial charge in [-0.3, -0.25) is 20.2 Å². The Balaban J connectivity index is 1.94. The molecule has 19 heavy (non-hydrogen) atoms. The normalized spacial score (nSPS) is 15.7. The van der Waals surface area contributed by atoms with E-state index in [0.29, 0.717) is 0 Å². The van der Waals surface area contributed by atoms with Crippen LogP contribution in [0, 0.1) is 10.1 Å². The van der Waals surface area contributed by atoms with E-state index in [1.54, 1.807) is 0 Å². The maximum atomic E-state index is 11.1. The summed E-state index contributed by atoms with van der Waals surface area (Å²) in [5.41, 5.74) is 0. The minimum absolute atomic E-state index is 0.130. The highest BCUT2D eigenvalue weighted by atomic mass is 16.6. The van der Waals surface area contributed by atoms with Crippen molar-refractivity contribution in [3.63, 3.8) is 0 Å². The summed E-state index contributed by atoms with van der Waals surface area (Å²) >= 11 is 0. The lowest BCUT2D eigenvalue weighted by molar-refractivity contribution is -0.402. The monoisotopic (exact) mass is 264 g/mol. The molecular weight excluding hydrogens is 256 g/mol. The van der Waals surface area contributed by atoms with Gasteiger partial charge in [0.1, 0.15) is 17.2 Å². The quantitative estimate of drug-likeness (QED) is 0.372. The topological polar surface area (TPSA) is 118 Å². The third kappa shape index (κ3) is 3.03. The van der Waals surface area contributed by atoms with E-state index in [-0.39, 0.29) is 18.2 Å².